The van der Waals surface area contributed by atoms with Gasteiger partial charge in [-0.15, -0.1) is 11.3 Å². The fourth-order valence-corrected chi connectivity index (χ4v) is 3.57. The second-order valence-electron chi connectivity index (χ2n) is 5.67. The topological polar surface area (TPSA) is 52.2 Å². The average Bonchev–Trinajstić information content (AvgIpc) is 3.18. The van der Waals surface area contributed by atoms with E-state index < -0.39 is 0 Å². The lowest BCUT2D eigenvalue weighted by Crippen LogP contribution is -2.35. The summed E-state index contributed by atoms with van der Waals surface area (Å²) in [6, 6.07) is 3.86. The Morgan fingerprint density at radius 1 is 1.32 bits per heavy atom. The highest BCUT2D eigenvalue weighted by Gasteiger charge is 2.20. The Labute approximate surface area is 134 Å². The molecule has 0 bridgehead atoms. The third-order valence-corrected chi connectivity index (χ3v) is 4.96. The van der Waals surface area contributed by atoms with Crippen LogP contribution < -0.4 is 0 Å². The van der Waals surface area contributed by atoms with Crippen molar-refractivity contribution in [2.75, 3.05) is 32.7 Å². The molecule has 0 aromatic carbocycles. The Balaban J connectivity index is 1.44. The van der Waals surface area contributed by atoms with Crippen LogP contribution in [0.5, 0.6) is 0 Å². The molecular formula is C16H22N4OS. The summed E-state index contributed by atoms with van der Waals surface area (Å²) in [5.74, 6) is 0.190. The van der Waals surface area contributed by atoms with Gasteiger partial charge in [-0.05, 0) is 49.4 Å². The Morgan fingerprint density at radius 2 is 2.27 bits per heavy atom. The van der Waals surface area contributed by atoms with Crippen LogP contribution in [0, 0.1) is 0 Å². The van der Waals surface area contributed by atoms with E-state index in [4.69, 9.17) is 0 Å². The number of H-pyrrole nitrogens is 1. The molecule has 0 saturated carbocycles. The van der Waals surface area contributed by atoms with E-state index in [2.05, 4.69) is 15.1 Å². The first-order chi connectivity index (χ1) is 10.8. The van der Waals surface area contributed by atoms with E-state index in [9.17, 15) is 4.79 Å². The minimum atomic E-state index is 0.190. The molecule has 0 spiro atoms. The van der Waals surface area contributed by atoms with E-state index >= 15 is 0 Å². The van der Waals surface area contributed by atoms with E-state index in [1.165, 1.54) is 16.9 Å². The smallest absolute Gasteiger partial charge is 0.263 e. The Kier molecular flexibility index (Phi) is 5.24. The van der Waals surface area contributed by atoms with Crippen molar-refractivity contribution in [3.8, 4) is 0 Å². The number of carbonyl (C=O) groups is 1. The second-order valence-corrected chi connectivity index (χ2v) is 6.62. The van der Waals surface area contributed by atoms with Gasteiger partial charge in [0.1, 0.15) is 0 Å². The highest BCUT2D eigenvalue weighted by molar-refractivity contribution is 7.12. The standard InChI is InChI=1S/C16H22N4OS/c21-16(15-5-2-11-22-15)20-8-3-7-19(9-10-20)6-1-4-14-12-17-18-13-14/h2,5,11-13H,1,3-4,6-10H2,(H,17,18). The van der Waals surface area contributed by atoms with Crippen molar-refractivity contribution in [2.45, 2.75) is 19.3 Å². The molecule has 0 aliphatic carbocycles. The number of aromatic amines is 1. The molecule has 1 N–H and O–H groups in total. The van der Waals surface area contributed by atoms with Crippen molar-refractivity contribution in [2.24, 2.45) is 0 Å². The van der Waals surface area contributed by atoms with E-state index in [-0.39, 0.29) is 5.91 Å². The van der Waals surface area contributed by atoms with Gasteiger partial charge in [0, 0.05) is 25.8 Å². The quantitative estimate of drug-likeness (QED) is 0.920. The van der Waals surface area contributed by atoms with Crippen molar-refractivity contribution in [3.63, 3.8) is 0 Å². The molecule has 1 saturated heterocycles. The highest BCUT2D eigenvalue weighted by Crippen LogP contribution is 2.14. The van der Waals surface area contributed by atoms with Gasteiger partial charge in [-0.1, -0.05) is 6.07 Å². The zero-order valence-electron chi connectivity index (χ0n) is 12.7. The number of thiophene rings is 1. The van der Waals surface area contributed by atoms with Crippen molar-refractivity contribution in [1.29, 1.82) is 0 Å². The largest absolute Gasteiger partial charge is 0.337 e. The first-order valence-electron chi connectivity index (χ1n) is 7.86. The van der Waals surface area contributed by atoms with Gasteiger partial charge in [-0.25, -0.2) is 0 Å². The molecule has 2 aromatic heterocycles. The van der Waals surface area contributed by atoms with Crippen LogP contribution in [0.4, 0.5) is 0 Å². The second kappa shape index (κ2) is 7.56. The molecule has 0 radical (unpaired) electrons. The normalized spacial score (nSPS) is 16.6. The number of nitrogens with one attached hydrogen (secondary N) is 1. The van der Waals surface area contributed by atoms with Gasteiger partial charge in [-0.3, -0.25) is 9.89 Å². The molecule has 5 nitrogen and oxygen atoms in total. The van der Waals surface area contributed by atoms with Crippen LogP contribution >= 0.6 is 11.3 Å². The average molecular weight is 318 g/mol. The molecule has 1 amide bonds. The van der Waals surface area contributed by atoms with Gasteiger partial charge < -0.3 is 9.80 Å². The SMILES string of the molecule is O=C(c1cccs1)N1CCCN(CCCc2cn[nH]c2)CC1. The summed E-state index contributed by atoms with van der Waals surface area (Å²) in [7, 11) is 0. The zero-order valence-corrected chi connectivity index (χ0v) is 13.5. The summed E-state index contributed by atoms with van der Waals surface area (Å²) in [5.41, 5.74) is 1.27. The number of hydrogen-bond donors (Lipinski definition) is 1. The summed E-state index contributed by atoms with van der Waals surface area (Å²) in [6.07, 6.45) is 7.11. The number of aromatic nitrogens is 2. The minimum Gasteiger partial charge on any atom is -0.337 e. The fourth-order valence-electron chi connectivity index (χ4n) is 2.87. The van der Waals surface area contributed by atoms with Crippen molar-refractivity contribution < 1.29 is 4.79 Å². The highest BCUT2D eigenvalue weighted by atomic mass is 32.1. The number of nitrogens with zero attached hydrogens (tertiary/aromatic N) is 3. The molecule has 118 valence electrons. The zero-order chi connectivity index (χ0) is 15.2. The van der Waals surface area contributed by atoms with E-state index in [0.717, 1.165) is 56.9 Å². The van der Waals surface area contributed by atoms with Gasteiger partial charge in [0.15, 0.2) is 0 Å². The van der Waals surface area contributed by atoms with Gasteiger partial charge in [0.25, 0.3) is 5.91 Å². The number of carbonyl (C=O) groups excluding carboxylic acids is 1. The summed E-state index contributed by atoms with van der Waals surface area (Å²) >= 11 is 1.53. The first kappa shape index (κ1) is 15.2. The lowest BCUT2D eigenvalue weighted by Gasteiger charge is -2.21. The van der Waals surface area contributed by atoms with E-state index in [0.29, 0.717) is 0 Å². The van der Waals surface area contributed by atoms with Gasteiger partial charge in [0.05, 0.1) is 11.1 Å². The maximum atomic E-state index is 12.4. The van der Waals surface area contributed by atoms with Crippen LogP contribution in [-0.2, 0) is 6.42 Å². The molecule has 1 aliphatic rings. The predicted molar refractivity (Wildman–Crippen MR) is 88.2 cm³/mol. The minimum absolute atomic E-state index is 0.190. The Bertz CT molecular complexity index is 567. The van der Waals surface area contributed by atoms with Crippen LogP contribution in [0.1, 0.15) is 28.1 Å². The van der Waals surface area contributed by atoms with Crippen molar-refractivity contribution in [1.82, 2.24) is 20.0 Å². The third kappa shape index (κ3) is 3.96. The predicted octanol–water partition coefficient (Wildman–Crippen LogP) is 2.25. The maximum absolute atomic E-state index is 12.4. The molecule has 2 aromatic rings. The van der Waals surface area contributed by atoms with Crippen LogP contribution in [0.15, 0.2) is 29.9 Å². The molecule has 1 fully saturated rings. The van der Waals surface area contributed by atoms with Gasteiger partial charge >= 0.3 is 0 Å². The summed E-state index contributed by atoms with van der Waals surface area (Å²) < 4.78 is 0. The lowest BCUT2D eigenvalue weighted by molar-refractivity contribution is 0.0766. The molecule has 0 atom stereocenters. The number of rotatable bonds is 5. The maximum Gasteiger partial charge on any atom is 0.263 e. The van der Waals surface area contributed by atoms with Gasteiger partial charge in [-0.2, -0.15) is 5.10 Å². The van der Waals surface area contributed by atoms with Crippen molar-refractivity contribution in [3.05, 3.63) is 40.3 Å². The molecule has 3 heterocycles. The first-order valence-corrected chi connectivity index (χ1v) is 8.74. The lowest BCUT2D eigenvalue weighted by atomic mass is 10.2. The fraction of sp³-hybridized carbons (Fsp3) is 0.500. The molecule has 3 rings (SSSR count). The number of aryl methyl sites for hydroxylation is 1. The molecule has 1 aliphatic heterocycles. The monoisotopic (exact) mass is 318 g/mol. The van der Waals surface area contributed by atoms with Gasteiger partial charge in [0.2, 0.25) is 0 Å². The number of amides is 1. The van der Waals surface area contributed by atoms with Crippen LogP contribution in [0.2, 0.25) is 0 Å². The number of hydrogen-bond acceptors (Lipinski definition) is 4. The van der Waals surface area contributed by atoms with Crippen LogP contribution in [-0.4, -0.2) is 58.6 Å². The summed E-state index contributed by atoms with van der Waals surface area (Å²) in [6.45, 7) is 4.85. The van der Waals surface area contributed by atoms with Crippen LogP contribution in [0.3, 0.4) is 0 Å². The molecule has 6 heteroatoms. The van der Waals surface area contributed by atoms with Crippen LogP contribution in [0.25, 0.3) is 0 Å². The summed E-state index contributed by atoms with van der Waals surface area (Å²) in [5, 5.41) is 8.79. The Morgan fingerprint density at radius 3 is 3.05 bits per heavy atom. The Hall–Kier alpha value is -1.66. The molecule has 0 unspecified atom stereocenters. The third-order valence-electron chi connectivity index (χ3n) is 4.10. The van der Waals surface area contributed by atoms with E-state index in [1.807, 2.05) is 34.8 Å². The molecule has 22 heavy (non-hydrogen) atoms. The van der Waals surface area contributed by atoms with Crippen molar-refractivity contribution >= 4 is 17.2 Å². The van der Waals surface area contributed by atoms with E-state index in [1.54, 1.807) is 0 Å². The summed E-state index contributed by atoms with van der Waals surface area (Å²) in [4.78, 5) is 17.7. The molecular weight excluding hydrogens is 296 g/mol.